The molecule has 2 atom stereocenters. The summed E-state index contributed by atoms with van der Waals surface area (Å²) in [5.74, 6) is -0.553. The van der Waals surface area contributed by atoms with Crippen molar-refractivity contribution < 1.29 is 18.3 Å². The maximum absolute atomic E-state index is 13.6. The minimum atomic E-state index is -0.564. The minimum Gasteiger partial charge on any atom is -0.373 e. The van der Waals surface area contributed by atoms with E-state index in [4.69, 9.17) is 4.74 Å². The van der Waals surface area contributed by atoms with E-state index in [1.807, 2.05) is 0 Å². The number of ether oxygens (including phenoxy) is 1. The van der Waals surface area contributed by atoms with Gasteiger partial charge in [0, 0.05) is 31.7 Å². The maximum atomic E-state index is 13.6. The first-order chi connectivity index (χ1) is 13.9. The Kier molecular flexibility index (Phi) is 7.98. The lowest BCUT2D eigenvalue weighted by atomic mass is 9.95. The molecule has 1 N–H and O–H groups in total. The van der Waals surface area contributed by atoms with Gasteiger partial charge in [0.25, 0.3) is 0 Å². The highest BCUT2D eigenvalue weighted by Crippen LogP contribution is 2.20. The molecular formula is C22H33F2N3O2. The minimum absolute atomic E-state index is 0.0281. The second kappa shape index (κ2) is 10.5. The Bertz CT molecular complexity index is 650. The molecule has 0 saturated carbocycles. The molecule has 162 valence electrons. The molecule has 1 aromatic rings. The summed E-state index contributed by atoms with van der Waals surface area (Å²) in [6.45, 7) is 9.76. The molecule has 2 fully saturated rings. The summed E-state index contributed by atoms with van der Waals surface area (Å²) in [5, 5.41) is 2.78. The number of carbonyl (C=O) groups is 1. The van der Waals surface area contributed by atoms with Crippen molar-refractivity contribution in [2.45, 2.75) is 45.3 Å². The molecule has 2 saturated heterocycles. The van der Waals surface area contributed by atoms with Gasteiger partial charge < -0.3 is 10.1 Å². The van der Waals surface area contributed by atoms with Gasteiger partial charge in [0.2, 0.25) is 5.91 Å². The first-order valence-corrected chi connectivity index (χ1v) is 10.7. The molecule has 0 aromatic heterocycles. The third-order valence-electron chi connectivity index (χ3n) is 5.84. The number of benzene rings is 1. The number of piperidine rings is 1. The number of hydrogen-bond donors (Lipinski definition) is 1. The van der Waals surface area contributed by atoms with Crippen LogP contribution in [0, 0.1) is 17.6 Å². The van der Waals surface area contributed by atoms with E-state index in [9.17, 15) is 13.6 Å². The molecule has 0 bridgehead atoms. The van der Waals surface area contributed by atoms with E-state index in [0.717, 1.165) is 45.6 Å². The molecule has 0 aliphatic carbocycles. The summed E-state index contributed by atoms with van der Waals surface area (Å²) in [4.78, 5) is 16.9. The molecule has 29 heavy (non-hydrogen) atoms. The van der Waals surface area contributed by atoms with Gasteiger partial charge in [0.15, 0.2) is 0 Å². The van der Waals surface area contributed by atoms with Crippen molar-refractivity contribution in [3.63, 3.8) is 0 Å². The number of rotatable bonds is 7. The number of hydrogen-bond acceptors (Lipinski definition) is 4. The summed E-state index contributed by atoms with van der Waals surface area (Å²) in [7, 11) is 0. The number of halogens is 2. The van der Waals surface area contributed by atoms with E-state index in [2.05, 4.69) is 29.0 Å². The molecule has 1 amide bonds. The van der Waals surface area contributed by atoms with Crippen LogP contribution in [-0.2, 0) is 16.0 Å². The molecule has 5 nitrogen and oxygen atoms in total. The van der Waals surface area contributed by atoms with Crippen molar-refractivity contribution in [3.8, 4) is 0 Å². The summed E-state index contributed by atoms with van der Waals surface area (Å²) < 4.78 is 33.1. The maximum Gasteiger partial charge on any atom is 0.234 e. The number of carbonyl (C=O) groups excluding carboxylic acids is 1. The summed E-state index contributed by atoms with van der Waals surface area (Å²) >= 11 is 0. The number of likely N-dealkylation sites (tertiary alicyclic amines) is 1. The number of nitrogens with one attached hydrogen (secondary N) is 1. The van der Waals surface area contributed by atoms with E-state index in [1.54, 1.807) is 0 Å². The largest absolute Gasteiger partial charge is 0.373 e. The number of amides is 1. The van der Waals surface area contributed by atoms with Crippen LogP contribution in [-0.4, -0.2) is 73.7 Å². The molecule has 0 spiro atoms. The third kappa shape index (κ3) is 6.73. The lowest BCUT2D eigenvalue weighted by Crippen LogP contribution is -2.49. The molecule has 0 radical (unpaired) electrons. The Labute approximate surface area is 172 Å². The van der Waals surface area contributed by atoms with Gasteiger partial charge in [-0.2, -0.15) is 0 Å². The zero-order chi connectivity index (χ0) is 20.8. The second-order valence-electron chi connectivity index (χ2n) is 8.50. The van der Waals surface area contributed by atoms with Crippen LogP contribution in [0.1, 0.15) is 32.3 Å². The molecule has 2 unspecified atom stereocenters. The van der Waals surface area contributed by atoms with Gasteiger partial charge in [0.05, 0.1) is 18.8 Å². The van der Waals surface area contributed by atoms with Crippen LogP contribution in [0.5, 0.6) is 0 Å². The molecular weight excluding hydrogens is 376 g/mol. The average Bonchev–Trinajstić information content (AvgIpc) is 2.65. The third-order valence-corrected chi connectivity index (χ3v) is 5.84. The zero-order valence-corrected chi connectivity index (χ0v) is 17.5. The van der Waals surface area contributed by atoms with Crippen LogP contribution in [0.4, 0.5) is 8.78 Å². The fourth-order valence-electron chi connectivity index (χ4n) is 4.48. The highest BCUT2D eigenvalue weighted by molar-refractivity contribution is 5.78. The van der Waals surface area contributed by atoms with Crippen molar-refractivity contribution in [3.05, 3.63) is 35.4 Å². The molecule has 2 aliphatic rings. The van der Waals surface area contributed by atoms with Crippen LogP contribution in [0.2, 0.25) is 0 Å². The highest BCUT2D eigenvalue weighted by atomic mass is 19.1. The van der Waals surface area contributed by atoms with Crippen molar-refractivity contribution in [2.24, 2.45) is 5.92 Å². The van der Waals surface area contributed by atoms with Crippen molar-refractivity contribution in [1.82, 2.24) is 15.1 Å². The van der Waals surface area contributed by atoms with Gasteiger partial charge in [-0.1, -0.05) is 6.07 Å². The average molecular weight is 410 g/mol. The summed E-state index contributed by atoms with van der Waals surface area (Å²) in [6, 6.07) is 3.82. The highest BCUT2D eigenvalue weighted by Gasteiger charge is 2.27. The van der Waals surface area contributed by atoms with Gasteiger partial charge in [-0.05, 0) is 64.3 Å². The van der Waals surface area contributed by atoms with E-state index >= 15 is 0 Å². The van der Waals surface area contributed by atoms with E-state index in [1.165, 1.54) is 18.2 Å². The van der Waals surface area contributed by atoms with Crippen LogP contribution < -0.4 is 5.32 Å². The van der Waals surface area contributed by atoms with E-state index < -0.39 is 11.6 Å². The Balaban J connectivity index is 1.33. The second-order valence-corrected chi connectivity index (χ2v) is 8.50. The van der Waals surface area contributed by atoms with Crippen molar-refractivity contribution in [2.75, 3.05) is 45.8 Å². The van der Waals surface area contributed by atoms with E-state index in [-0.39, 0.29) is 24.4 Å². The van der Waals surface area contributed by atoms with Crippen molar-refractivity contribution >= 4 is 5.91 Å². The molecule has 2 aliphatic heterocycles. The van der Waals surface area contributed by atoms with Gasteiger partial charge in [0.1, 0.15) is 11.6 Å². The lowest BCUT2D eigenvalue weighted by molar-refractivity contribution is -0.122. The quantitative estimate of drug-likeness (QED) is 0.752. The summed E-state index contributed by atoms with van der Waals surface area (Å²) in [5.41, 5.74) is 0.0281. The van der Waals surface area contributed by atoms with Gasteiger partial charge >= 0.3 is 0 Å². The Morgan fingerprint density at radius 3 is 2.34 bits per heavy atom. The smallest absolute Gasteiger partial charge is 0.234 e. The number of morpholine rings is 1. The molecule has 1 aromatic carbocycles. The zero-order valence-electron chi connectivity index (χ0n) is 17.5. The Hall–Kier alpha value is -1.57. The van der Waals surface area contributed by atoms with Crippen LogP contribution >= 0.6 is 0 Å². The first-order valence-electron chi connectivity index (χ1n) is 10.7. The Morgan fingerprint density at radius 1 is 1.10 bits per heavy atom. The molecule has 7 heteroatoms. The predicted octanol–water partition coefficient (Wildman–Crippen LogP) is 2.44. The predicted molar refractivity (Wildman–Crippen MR) is 109 cm³/mol. The normalized spacial score (nSPS) is 24.6. The molecule has 2 heterocycles. The van der Waals surface area contributed by atoms with Gasteiger partial charge in [-0.15, -0.1) is 0 Å². The van der Waals surface area contributed by atoms with Gasteiger partial charge in [-0.25, -0.2) is 8.78 Å². The van der Waals surface area contributed by atoms with Gasteiger partial charge in [-0.3, -0.25) is 14.6 Å². The fraction of sp³-hybridized carbons (Fsp3) is 0.682. The van der Waals surface area contributed by atoms with Crippen LogP contribution in [0.3, 0.4) is 0 Å². The SMILES string of the molecule is CC1CN(CC2CCN(CC(=O)NCCc3c(F)cccc3F)CC2)CC(C)O1. The van der Waals surface area contributed by atoms with Crippen molar-refractivity contribution in [1.29, 1.82) is 0 Å². The summed E-state index contributed by atoms with van der Waals surface area (Å²) in [6.07, 6.45) is 2.92. The lowest BCUT2D eigenvalue weighted by Gasteiger charge is -2.39. The molecule has 3 rings (SSSR count). The number of nitrogens with zero attached hydrogens (tertiary/aromatic N) is 2. The van der Waals surface area contributed by atoms with Crippen LogP contribution in [0.25, 0.3) is 0 Å². The Morgan fingerprint density at radius 2 is 1.72 bits per heavy atom. The topological polar surface area (TPSA) is 44.8 Å². The monoisotopic (exact) mass is 409 g/mol. The first kappa shape index (κ1) is 22.1. The van der Waals surface area contributed by atoms with E-state index in [0.29, 0.717) is 24.7 Å². The van der Waals surface area contributed by atoms with Crippen LogP contribution in [0.15, 0.2) is 18.2 Å². The standard InChI is InChI=1S/C22H33F2N3O2/c1-16-12-27(13-17(2)29-16)14-18-7-10-26(11-8-18)15-22(28)25-9-6-19-20(23)4-3-5-21(19)24/h3-5,16-18H,6-15H2,1-2H3,(H,25,28). The fourth-order valence-corrected chi connectivity index (χ4v) is 4.48.